The monoisotopic (exact) mass is 199 g/mol. The zero-order chi connectivity index (χ0) is 8.97. The number of aryl methyl sites for hydroxylation is 1. The fourth-order valence-corrected chi connectivity index (χ4v) is 2.53. The average molecular weight is 200 g/mol. The van der Waals surface area contributed by atoms with Gasteiger partial charge >= 0.3 is 0 Å². The maximum atomic E-state index is 5.91. The average Bonchev–Trinajstić information content (AvgIpc) is 2.10. The quantitative estimate of drug-likeness (QED) is 0.532. The van der Waals surface area contributed by atoms with Crippen molar-refractivity contribution in [2.45, 2.75) is 13.8 Å². The van der Waals surface area contributed by atoms with E-state index in [0.29, 0.717) is 0 Å². The number of hydrogen-bond acceptors (Lipinski definition) is 1. The second-order valence-corrected chi connectivity index (χ2v) is 4.53. The second-order valence-electron chi connectivity index (χ2n) is 2.81. The van der Waals surface area contributed by atoms with Gasteiger partial charge in [0.15, 0.2) is 0 Å². The molecule has 0 N–H and O–H groups in total. The Morgan fingerprint density at radius 2 is 1.92 bits per heavy atom. The number of benzene rings is 1. The topological polar surface area (TPSA) is 3.24 Å². The minimum atomic E-state index is -0.577. The van der Waals surface area contributed by atoms with Gasteiger partial charge in [0, 0.05) is 12.2 Å². The van der Waals surface area contributed by atoms with Gasteiger partial charge in [-0.2, -0.15) is 0 Å². The van der Waals surface area contributed by atoms with Crippen LogP contribution >= 0.6 is 11.1 Å². The minimum absolute atomic E-state index is 0.577. The third-order valence-electron chi connectivity index (χ3n) is 1.93. The maximum Gasteiger partial charge on any atom is 0.224 e. The van der Waals surface area contributed by atoms with Crippen LogP contribution in [0.2, 0.25) is 0 Å². The minimum Gasteiger partial charge on any atom is -0.390 e. The predicted molar refractivity (Wildman–Crippen MR) is 58.6 cm³/mol. The Labute approximate surface area is 80.9 Å². The summed E-state index contributed by atoms with van der Waals surface area (Å²) < 4.78 is 2.25. The zero-order valence-electron chi connectivity index (χ0n) is 7.55. The zero-order valence-corrected chi connectivity index (χ0v) is 9.72. The highest BCUT2D eigenvalue weighted by Gasteiger charge is 2.00. The molecule has 12 heavy (non-hydrogen) atoms. The van der Waals surface area contributed by atoms with E-state index in [1.165, 1.54) is 11.3 Å². The van der Waals surface area contributed by atoms with Crippen LogP contribution in [0.5, 0.6) is 0 Å². The van der Waals surface area contributed by atoms with Crippen molar-refractivity contribution >= 4 is 25.8 Å². The lowest BCUT2D eigenvalue weighted by molar-refractivity contribution is 1.09. The van der Waals surface area contributed by atoms with Crippen molar-refractivity contribution in [3.8, 4) is 0 Å². The molecule has 0 bridgehead atoms. The number of rotatable bonds is 3. The van der Waals surface area contributed by atoms with E-state index < -0.39 is 8.99 Å². The standard InChI is InChI=1S/C9H14ClNSi/c1-3-11(12-10)9-6-4-8(2)5-7-9/h4-7H,3,12H2,1-2H3. The van der Waals surface area contributed by atoms with Crippen molar-refractivity contribution in [3.05, 3.63) is 29.8 Å². The molecule has 0 amide bonds. The van der Waals surface area contributed by atoms with E-state index in [1.54, 1.807) is 0 Å². The normalized spacial score (nSPS) is 10.9. The first-order valence-electron chi connectivity index (χ1n) is 4.15. The Bertz CT molecular complexity index is 231. The summed E-state index contributed by atoms with van der Waals surface area (Å²) in [6.45, 7) is 5.24. The lowest BCUT2D eigenvalue weighted by Gasteiger charge is -2.19. The van der Waals surface area contributed by atoms with Crippen molar-refractivity contribution < 1.29 is 0 Å². The highest BCUT2D eigenvalue weighted by atomic mass is 35.6. The van der Waals surface area contributed by atoms with Crippen molar-refractivity contribution in [2.75, 3.05) is 11.1 Å². The Kier molecular flexibility index (Phi) is 3.63. The summed E-state index contributed by atoms with van der Waals surface area (Å²) in [6.07, 6.45) is 0. The van der Waals surface area contributed by atoms with Crippen LogP contribution in [0.3, 0.4) is 0 Å². The van der Waals surface area contributed by atoms with E-state index in [0.717, 1.165) is 6.54 Å². The molecule has 0 saturated heterocycles. The number of halogens is 1. The van der Waals surface area contributed by atoms with Gasteiger partial charge in [-0.1, -0.05) is 17.7 Å². The van der Waals surface area contributed by atoms with E-state index in [1.807, 2.05) is 0 Å². The predicted octanol–water partition coefficient (Wildman–Crippen LogP) is 2.06. The first-order valence-corrected chi connectivity index (χ1v) is 6.92. The fraction of sp³-hybridized carbons (Fsp3) is 0.333. The summed E-state index contributed by atoms with van der Waals surface area (Å²) in [4.78, 5) is 0. The molecule has 66 valence electrons. The van der Waals surface area contributed by atoms with E-state index in [9.17, 15) is 0 Å². The summed E-state index contributed by atoms with van der Waals surface area (Å²) in [5.41, 5.74) is 2.55. The van der Waals surface area contributed by atoms with Gasteiger partial charge in [-0.3, -0.25) is 0 Å². The Morgan fingerprint density at radius 1 is 1.33 bits per heavy atom. The molecule has 0 saturated carbocycles. The van der Waals surface area contributed by atoms with Crippen LogP contribution in [-0.4, -0.2) is 15.5 Å². The van der Waals surface area contributed by atoms with Gasteiger partial charge in [0.25, 0.3) is 0 Å². The van der Waals surface area contributed by atoms with Crippen molar-refractivity contribution in [1.82, 2.24) is 0 Å². The van der Waals surface area contributed by atoms with Gasteiger partial charge in [-0.25, -0.2) is 0 Å². The van der Waals surface area contributed by atoms with Gasteiger partial charge in [0.05, 0.1) is 0 Å². The van der Waals surface area contributed by atoms with Crippen LogP contribution in [0.4, 0.5) is 5.69 Å². The Morgan fingerprint density at radius 3 is 2.33 bits per heavy atom. The van der Waals surface area contributed by atoms with Crippen molar-refractivity contribution in [1.29, 1.82) is 0 Å². The van der Waals surface area contributed by atoms with E-state index >= 15 is 0 Å². The van der Waals surface area contributed by atoms with Gasteiger partial charge in [-0.15, -0.1) is 11.1 Å². The van der Waals surface area contributed by atoms with Gasteiger partial charge in [0.1, 0.15) is 0 Å². The molecule has 1 rings (SSSR count). The molecular weight excluding hydrogens is 186 g/mol. The van der Waals surface area contributed by atoms with E-state index in [2.05, 4.69) is 42.7 Å². The largest absolute Gasteiger partial charge is 0.390 e. The van der Waals surface area contributed by atoms with Gasteiger partial charge < -0.3 is 4.57 Å². The number of nitrogens with zero attached hydrogens (tertiary/aromatic N) is 1. The van der Waals surface area contributed by atoms with Crippen LogP contribution in [0, 0.1) is 6.92 Å². The van der Waals surface area contributed by atoms with Crippen LogP contribution in [0.1, 0.15) is 12.5 Å². The molecular formula is C9H14ClNSi. The molecule has 0 aromatic heterocycles. The third-order valence-corrected chi connectivity index (χ3v) is 3.89. The van der Waals surface area contributed by atoms with Crippen molar-refractivity contribution in [2.24, 2.45) is 0 Å². The SMILES string of the molecule is CCN([SiH2]Cl)c1ccc(C)cc1. The second kappa shape index (κ2) is 4.53. The lowest BCUT2D eigenvalue weighted by Crippen LogP contribution is -2.23. The molecule has 0 atom stereocenters. The van der Waals surface area contributed by atoms with Crippen LogP contribution in [0.15, 0.2) is 24.3 Å². The first kappa shape index (κ1) is 9.61. The third kappa shape index (κ3) is 2.25. The van der Waals surface area contributed by atoms with Crippen LogP contribution in [-0.2, 0) is 0 Å². The molecule has 1 nitrogen and oxygen atoms in total. The summed E-state index contributed by atoms with van der Waals surface area (Å²) in [5, 5.41) is 0. The molecule has 3 heteroatoms. The molecule has 0 fully saturated rings. The smallest absolute Gasteiger partial charge is 0.224 e. The Balaban J connectivity index is 2.80. The van der Waals surface area contributed by atoms with E-state index in [-0.39, 0.29) is 0 Å². The summed E-state index contributed by atoms with van der Waals surface area (Å²) in [6, 6.07) is 8.51. The van der Waals surface area contributed by atoms with Gasteiger partial charge in [-0.05, 0) is 26.0 Å². The fourth-order valence-electron chi connectivity index (χ4n) is 1.09. The molecule has 0 aliphatic carbocycles. The van der Waals surface area contributed by atoms with Crippen molar-refractivity contribution in [3.63, 3.8) is 0 Å². The lowest BCUT2D eigenvalue weighted by atomic mass is 10.2. The summed E-state index contributed by atoms with van der Waals surface area (Å²) >= 11 is 5.91. The molecule has 0 aliphatic heterocycles. The van der Waals surface area contributed by atoms with E-state index in [4.69, 9.17) is 11.1 Å². The highest BCUT2D eigenvalue weighted by molar-refractivity contribution is 6.95. The highest BCUT2D eigenvalue weighted by Crippen LogP contribution is 2.13. The number of hydrogen-bond donors (Lipinski definition) is 0. The molecule has 1 aromatic carbocycles. The first-order chi connectivity index (χ1) is 5.77. The molecule has 0 spiro atoms. The molecule has 1 aromatic rings. The Hall–Kier alpha value is -0.473. The molecule has 0 unspecified atom stereocenters. The number of anilines is 1. The molecule has 0 heterocycles. The summed E-state index contributed by atoms with van der Waals surface area (Å²) in [7, 11) is -0.577. The molecule has 0 aliphatic rings. The van der Waals surface area contributed by atoms with Gasteiger partial charge in [0.2, 0.25) is 8.99 Å². The van der Waals surface area contributed by atoms with Crippen LogP contribution in [0.25, 0.3) is 0 Å². The van der Waals surface area contributed by atoms with Crippen LogP contribution < -0.4 is 4.57 Å². The summed E-state index contributed by atoms with van der Waals surface area (Å²) in [5.74, 6) is 0. The maximum absolute atomic E-state index is 5.91. The molecule has 0 radical (unpaired) electrons.